The summed E-state index contributed by atoms with van der Waals surface area (Å²) in [7, 11) is -3.89. The van der Waals surface area contributed by atoms with Crippen molar-refractivity contribution in [2.45, 2.75) is 23.0 Å². The van der Waals surface area contributed by atoms with Crippen molar-refractivity contribution in [3.05, 3.63) is 87.7 Å². The molecule has 0 spiro atoms. The van der Waals surface area contributed by atoms with Crippen LogP contribution in [0.3, 0.4) is 0 Å². The van der Waals surface area contributed by atoms with E-state index in [2.05, 4.69) is 10.4 Å². The molecule has 0 aliphatic carbocycles. The van der Waals surface area contributed by atoms with E-state index in [1.807, 2.05) is 0 Å². The normalized spacial score (nSPS) is 11.2. The van der Waals surface area contributed by atoms with E-state index in [0.717, 1.165) is 22.4 Å². The third kappa shape index (κ3) is 4.47. The minimum absolute atomic E-state index is 0.0517. The summed E-state index contributed by atoms with van der Waals surface area (Å²) in [4.78, 5) is 24.2. The Morgan fingerprint density at radius 2 is 1.68 bits per heavy atom. The van der Waals surface area contributed by atoms with Gasteiger partial charge in [-0.15, -0.1) is 0 Å². The molecule has 0 fully saturated rings. The van der Waals surface area contributed by atoms with Gasteiger partial charge in [0.2, 0.25) is 15.7 Å². The molecule has 0 bridgehead atoms. The number of benzene rings is 2. The summed E-state index contributed by atoms with van der Waals surface area (Å²) in [5.41, 5.74) is 0.137. The maximum atomic E-state index is 12.6. The van der Waals surface area contributed by atoms with Crippen molar-refractivity contribution in [1.82, 2.24) is 15.1 Å². The molecule has 0 aliphatic rings. The highest BCUT2D eigenvalue weighted by atomic mass is 35.5. The van der Waals surface area contributed by atoms with Gasteiger partial charge in [0.25, 0.3) is 5.56 Å². The number of nitrogens with one attached hydrogen (secondary N) is 1. The third-order valence-electron chi connectivity index (χ3n) is 3.90. The van der Waals surface area contributed by atoms with Crippen molar-refractivity contribution >= 4 is 27.3 Å². The van der Waals surface area contributed by atoms with Crippen LogP contribution in [0.1, 0.15) is 5.56 Å². The lowest BCUT2D eigenvalue weighted by molar-refractivity contribution is -0.122. The Hall–Kier alpha value is -2.97. The highest BCUT2D eigenvalue weighted by Gasteiger charge is 2.20. The van der Waals surface area contributed by atoms with Crippen molar-refractivity contribution in [3.8, 4) is 0 Å². The van der Waals surface area contributed by atoms with E-state index in [9.17, 15) is 18.0 Å². The second-order valence-corrected chi connectivity index (χ2v) is 8.16. The molecule has 0 saturated heterocycles. The zero-order chi connectivity index (χ0) is 20.1. The topological polar surface area (TPSA) is 98.1 Å². The second-order valence-electron chi connectivity index (χ2n) is 5.85. The summed E-state index contributed by atoms with van der Waals surface area (Å²) >= 11 is 6.04. The van der Waals surface area contributed by atoms with Crippen LogP contribution in [0.2, 0.25) is 5.02 Å². The minimum atomic E-state index is -3.89. The Bertz CT molecular complexity index is 1160. The van der Waals surface area contributed by atoms with E-state index in [1.54, 1.807) is 42.5 Å². The van der Waals surface area contributed by atoms with Gasteiger partial charge >= 0.3 is 0 Å². The lowest BCUT2D eigenvalue weighted by atomic mass is 10.2. The number of aromatic nitrogens is 2. The molecule has 3 aromatic rings. The van der Waals surface area contributed by atoms with Gasteiger partial charge in [0.15, 0.2) is 5.03 Å². The van der Waals surface area contributed by atoms with Crippen molar-refractivity contribution in [1.29, 1.82) is 0 Å². The molecule has 0 saturated carbocycles. The monoisotopic (exact) mass is 417 g/mol. The lowest BCUT2D eigenvalue weighted by Crippen LogP contribution is -2.33. The number of carbonyl (C=O) groups is 1. The molecule has 1 heterocycles. The van der Waals surface area contributed by atoms with Crippen LogP contribution in [-0.4, -0.2) is 24.1 Å². The van der Waals surface area contributed by atoms with Gasteiger partial charge in [-0.1, -0.05) is 48.0 Å². The van der Waals surface area contributed by atoms with Crippen LogP contribution in [0.4, 0.5) is 0 Å². The van der Waals surface area contributed by atoms with E-state index >= 15 is 0 Å². The SMILES string of the molecule is O=C(Cn1nc(S(=O)(=O)c2ccccc2)ccc1=O)NCc1ccccc1Cl. The molecule has 144 valence electrons. The van der Waals surface area contributed by atoms with E-state index in [1.165, 1.54) is 12.1 Å². The van der Waals surface area contributed by atoms with Crippen LogP contribution in [0.25, 0.3) is 0 Å². The number of hydrogen-bond acceptors (Lipinski definition) is 5. The van der Waals surface area contributed by atoms with Crippen molar-refractivity contribution < 1.29 is 13.2 Å². The van der Waals surface area contributed by atoms with Crippen LogP contribution in [0, 0.1) is 0 Å². The molecule has 2 aromatic carbocycles. The lowest BCUT2D eigenvalue weighted by Gasteiger charge is -2.09. The van der Waals surface area contributed by atoms with Gasteiger partial charge in [0.05, 0.1) is 4.90 Å². The molecule has 1 amide bonds. The molecule has 7 nitrogen and oxygen atoms in total. The fourth-order valence-corrected chi connectivity index (χ4v) is 3.85. The zero-order valence-corrected chi connectivity index (χ0v) is 16.2. The van der Waals surface area contributed by atoms with Gasteiger partial charge in [0, 0.05) is 17.6 Å². The summed E-state index contributed by atoms with van der Waals surface area (Å²) < 4.78 is 26.1. The molecule has 9 heteroatoms. The van der Waals surface area contributed by atoms with Gasteiger partial charge in [-0.2, -0.15) is 5.10 Å². The highest BCUT2D eigenvalue weighted by molar-refractivity contribution is 7.91. The van der Waals surface area contributed by atoms with Gasteiger partial charge < -0.3 is 5.32 Å². The number of carbonyl (C=O) groups excluding carboxylic acids is 1. The molecule has 0 unspecified atom stereocenters. The average molecular weight is 418 g/mol. The van der Waals surface area contributed by atoms with Crippen molar-refractivity contribution in [3.63, 3.8) is 0 Å². The fourth-order valence-electron chi connectivity index (χ4n) is 2.43. The van der Waals surface area contributed by atoms with Crippen LogP contribution >= 0.6 is 11.6 Å². The molecule has 0 aliphatic heterocycles. The standard InChI is InChI=1S/C19H16ClN3O4S/c20-16-9-5-4-6-14(16)12-21-17(24)13-23-19(25)11-10-18(22-23)28(26,27)15-7-2-1-3-8-15/h1-11H,12-13H2,(H,21,24). The van der Waals surface area contributed by atoms with Crippen LogP contribution < -0.4 is 10.9 Å². The third-order valence-corrected chi connectivity index (χ3v) is 5.93. The van der Waals surface area contributed by atoms with E-state index < -0.39 is 27.8 Å². The highest BCUT2D eigenvalue weighted by Crippen LogP contribution is 2.17. The molecule has 0 radical (unpaired) electrons. The molecule has 28 heavy (non-hydrogen) atoms. The van der Waals surface area contributed by atoms with Gasteiger partial charge in [-0.3, -0.25) is 9.59 Å². The first-order valence-electron chi connectivity index (χ1n) is 8.26. The Kier molecular flexibility index (Phi) is 5.91. The Morgan fingerprint density at radius 3 is 2.39 bits per heavy atom. The fraction of sp³-hybridized carbons (Fsp3) is 0.105. The summed E-state index contributed by atoms with van der Waals surface area (Å²) in [6.45, 7) is -0.239. The molecular formula is C19H16ClN3O4S. The quantitative estimate of drug-likeness (QED) is 0.661. The largest absolute Gasteiger partial charge is 0.350 e. The van der Waals surface area contributed by atoms with Gasteiger partial charge in [0.1, 0.15) is 6.54 Å². The zero-order valence-electron chi connectivity index (χ0n) is 14.6. The van der Waals surface area contributed by atoms with E-state index in [4.69, 9.17) is 11.6 Å². The molecule has 1 aromatic heterocycles. The first-order chi connectivity index (χ1) is 13.4. The van der Waals surface area contributed by atoms with Crippen molar-refractivity contribution in [2.24, 2.45) is 0 Å². The number of sulfone groups is 1. The first-order valence-corrected chi connectivity index (χ1v) is 10.1. The predicted molar refractivity (Wildman–Crippen MR) is 104 cm³/mol. The molecular weight excluding hydrogens is 402 g/mol. The maximum absolute atomic E-state index is 12.6. The Morgan fingerprint density at radius 1 is 1.00 bits per heavy atom. The molecule has 3 rings (SSSR count). The van der Waals surface area contributed by atoms with E-state index in [-0.39, 0.29) is 16.5 Å². The summed E-state index contributed by atoms with van der Waals surface area (Å²) in [6, 6.07) is 17.0. The summed E-state index contributed by atoms with van der Waals surface area (Å²) in [6.07, 6.45) is 0. The minimum Gasteiger partial charge on any atom is -0.350 e. The number of amides is 1. The number of halogens is 1. The summed E-state index contributed by atoms with van der Waals surface area (Å²) in [5.74, 6) is -0.497. The molecule has 0 atom stereocenters. The number of nitrogens with zero attached hydrogens (tertiary/aromatic N) is 2. The van der Waals surface area contributed by atoms with E-state index in [0.29, 0.717) is 5.02 Å². The van der Waals surface area contributed by atoms with Crippen LogP contribution in [0.5, 0.6) is 0 Å². The van der Waals surface area contributed by atoms with Crippen molar-refractivity contribution in [2.75, 3.05) is 0 Å². The number of hydrogen-bond donors (Lipinski definition) is 1. The summed E-state index contributed by atoms with van der Waals surface area (Å²) in [5, 5.41) is 6.70. The predicted octanol–water partition coefficient (Wildman–Crippen LogP) is 2.05. The van der Waals surface area contributed by atoms with Crippen LogP contribution in [0.15, 0.2) is 81.4 Å². The maximum Gasteiger partial charge on any atom is 0.267 e. The first kappa shape index (κ1) is 19.8. The second kappa shape index (κ2) is 8.37. The average Bonchev–Trinajstić information content (AvgIpc) is 2.69. The van der Waals surface area contributed by atoms with Gasteiger partial charge in [-0.05, 0) is 29.8 Å². The Balaban J connectivity index is 1.78. The number of rotatable bonds is 6. The molecule has 1 N–H and O–H groups in total. The van der Waals surface area contributed by atoms with Crippen LogP contribution in [-0.2, 0) is 27.7 Å². The Labute approximate surface area is 166 Å². The van der Waals surface area contributed by atoms with Gasteiger partial charge in [-0.25, -0.2) is 13.1 Å². The smallest absolute Gasteiger partial charge is 0.267 e.